The molecule has 3 aliphatic rings. The fraction of sp³-hybridized carbons (Fsp3) is 0.387. The smallest absolute Gasteiger partial charge is 0.254 e. The third kappa shape index (κ3) is 6.08. The van der Waals surface area contributed by atoms with E-state index in [2.05, 4.69) is 63.9 Å². The van der Waals surface area contributed by atoms with Gasteiger partial charge in [-0.3, -0.25) is 4.79 Å². The molecule has 0 bridgehead atoms. The number of anilines is 2. The molecular weight excluding hydrogens is 494 g/mol. The van der Waals surface area contributed by atoms with Crippen molar-refractivity contribution in [3.63, 3.8) is 0 Å². The molecule has 3 heterocycles. The van der Waals surface area contributed by atoms with Gasteiger partial charge in [0.1, 0.15) is 5.82 Å². The Morgan fingerprint density at radius 3 is 2.68 bits per heavy atom. The topological polar surface area (TPSA) is 59.6 Å². The molecule has 6 nitrogen and oxygen atoms in total. The third-order valence-corrected chi connectivity index (χ3v) is 7.82. The molecule has 3 aliphatic heterocycles. The van der Waals surface area contributed by atoms with Crippen molar-refractivity contribution >= 4 is 34.5 Å². The lowest BCUT2D eigenvalue weighted by molar-refractivity contribution is -0.113. The van der Waals surface area contributed by atoms with E-state index in [0.29, 0.717) is 17.6 Å². The van der Waals surface area contributed by atoms with Crippen LogP contribution in [0.5, 0.6) is 0 Å². The van der Waals surface area contributed by atoms with Gasteiger partial charge in [0.2, 0.25) is 0 Å². The quantitative estimate of drug-likeness (QED) is 0.424. The van der Waals surface area contributed by atoms with Crippen LogP contribution in [0.15, 0.2) is 77.8 Å². The van der Waals surface area contributed by atoms with Gasteiger partial charge in [0.25, 0.3) is 5.91 Å². The summed E-state index contributed by atoms with van der Waals surface area (Å²) >= 11 is 6.31. The monoisotopic (exact) mass is 531 g/mol. The highest BCUT2D eigenvalue weighted by Gasteiger charge is 2.26. The van der Waals surface area contributed by atoms with E-state index in [4.69, 9.17) is 11.6 Å². The number of para-hydroxylation sites is 2. The number of rotatable bonds is 7. The number of carbonyl (C=O) groups excluding carboxylic acids is 1. The van der Waals surface area contributed by atoms with Crippen LogP contribution in [0, 0.1) is 0 Å². The fourth-order valence-electron chi connectivity index (χ4n) is 5.46. The van der Waals surface area contributed by atoms with Crippen LogP contribution >= 0.6 is 11.6 Å². The fourth-order valence-corrected chi connectivity index (χ4v) is 5.65. The zero-order valence-electron chi connectivity index (χ0n) is 22.4. The molecule has 1 fully saturated rings. The Labute approximate surface area is 231 Å². The molecule has 0 radical (unpaired) electrons. The number of hydrogen-bond acceptors (Lipinski definition) is 5. The molecule has 1 saturated heterocycles. The van der Waals surface area contributed by atoms with Crippen LogP contribution in [0.1, 0.15) is 45.1 Å². The number of carbonyl (C=O) groups is 1. The Kier molecular flexibility index (Phi) is 8.40. The summed E-state index contributed by atoms with van der Waals surface area (Å²) in [5.74, 6) is 0.947. The lowest BCUT2D eigenvalue weighted by Gasteiger charge is -2.35. The van der Waals surface area contributed by atoms with Gasteiger partial charge in [0.15, 0.2) is 0 Å². The Bertz CT molecular complexity index is 1260. The minimum atomic E-state index is -0.0678. The van der Waals surface area contributed by atoms with Crippen molar-refractivity contribution in [1.29, 1.82) is 0 Å². The van der Waals surface area contributed by atoms with Crippen molar-refractivity contribution in [3.05, 3.63) is 88.4 Å². The van der Waals surface area contributed by atoms with Crippen LogP contribution in [-0.4, -0.2) is 49.6 Å². The molecule has 2 aromatic rings. The summed E-state index contributed by atoms with van der Waals surface area (Å²) in [5.41, 5.74) is 6.15. The van der Waals surface area contributed by atoms with E-state index in [1.807, 2.05) is 36.5 Å². The van der Waals surface area contributed by atoms with Crippen LogP contribution in [-0.2, 0) is 4.79 Å². The van der Waals surface area contributed by atoms with Crippen molar-refractivity contribution in [2.75, 3.05) is 42.9 Å². The van der Waals surface area contributed by atoms with E-state index < -0.39 is 0 Å². The van der Waals surface area contributed by atoms with E-state index in [1.54, 1.807) is 0 Å². The van der Waals surface area contributed by atoms with Gasteiger partial charge in [0.05, 0.1) is 23.5 Å². The van der Waals surface area contributed by atoms with Crippen LogP contribution in [0.2, 0.25) is 5.02 Å². The zero-order valence-corrected chi connectivity index (χ0v) is 23.2. The van der Waals surface area contributed by atoms with Gasteiger partial charge in [0, 0.05) is 42.5 Å². The minimum absolute atomic E-state index is 0.0678. The molecule has 38 heavy (non-hydrogen) atoms. The maximum absolute atomic E-state index is 13.5. The molecule has 2 aromatic carbocycles. The highest BCUT2D eigenvalue weighted by molar-refractivity contribution is 6.30. The van der Waals surface area contributed by atoms with Crippen molar-refractivity contribution in [2.24, 2.45) is 0 Å². The molecule has 200 valence electrons. The number of nitrogens with zero attached hydrogens (tertiary/aromatic N) is 2. The lowest BCUT2D eigenvalue weighted by Crippen LogP contribution is -2.43. The van der Waals surface area contributed by atoms with Crippen molar-refractivity contribution < 1.29 is 4.79 Å². The predicted octanol–water partition coefficient (Wildman–Crippen LogP) is 5.75. The van der Waals surface area contributed by atoms with Gasteiger partial charge in [-0.2, -0.15) is 0 Å². The van der Waals surface area contributed by atoms with E-state index in [0.717, 1.165) is 85.8 Å². The van der Waals surface area contributed by atoms with E-state index in [-0.39, 0.29) is 5.91 Å². The molecule has 3 N–H and O–H groups in total. The number of hydrogen-bond donors (Lipinski definition) is 3. The predicted molar refractivity (Wildman–Crippen MR) is 158 cm³/mol. The number of amides is 1. The largest absolute Gasteiger partial charge is 0.370 e. The molecule has 7 heteroatoms. The lowest BCUT2D eigenvalue weighted by atomic mass is 10.0. The Balaban J connectivity index is 1.32. The molecule has 0 atom stereocenters. The molecule has 0 spiro atoms. The number of fused-ring (bicyclic) bond motifs is 1. The van der Waals surface area contributed by atoms with Crippen molar-refractivity contribution in [2.45, 2.75) is 45.6 Å². The van der Waals surface area contributed by atoms with E-state index >= 15 is 0 Å². The van der Waals surface area contributed by atoms with Crippen LogP contribution in [0.3, 0.4) is 0 Å². The van der Waals surface area contributed by atoms with Gasteiger partial charge < -0.3 is 25.8 Å². The van der Waals surface area contributed by atoms with Crippen molar-refractivity contribution in [1.82, 2.24) is 15.5 Å². The van der Waals surface area contributed by atoms with Gasteiger partial charge in [-0.1, -0.05) is 54.4 Å². The van der Waals surface area contributed by atoms with Gasteiger partial charge in [-0.05, 0) is 69.0 Å². The first-order chi connectivity index (χ1) is 18.5. The summed E-state index contributed by atoms with van der Waals surface area (Å²) in [5, 5.41) is 11.0. The number of benzene rings is 2. The van der Waals surface area contributed by atoms with E-state index in [9.17, 15) is 4.79 Å². The average molecular weight is 532 g/mol. The summed E-state index contributed by atoms with van der Waals surface area (Å²) < 4.78 is 0. The molecule has 5 rings (SSSR count). The summed E-state index contributed by atoms with van der Waals surface area (Å²) in [7, 11) is 0. The SMILES string of the molecule is CCCNC1CCN(c2ccccc2NC(=O)C2=CNC3=C(c4cccc(Cl)c4)C=C(C)CCN3C2)CC1. The van der Waals surface area contributed by atoms with Crippen LogP contribution in [0.4, 0.5) is 11.4 Å². The highest BCUT2D eigenvalue weighted by Crippen LogP contribution is 2.32. The first kappa shape index (κ1) is 26.4. The maximum atomic E-state index is 13.5. The summed E-state index contributed by atoms with van der Waals surface area (Å²) in [6, 6.07) is 16.7. The number of piperidine rings is 1. The first-order valence-corrected chi connectivity index (χ1v) is 14.2. The summed E-state index contributed by atoms with van der Waals surface area (Å²) in [6.45, 7) is 8.80. The first-order valence-electron chi connectivity index (χ1n) is 13.8. The minimum Gasteiger partial charge on any atom is -0.370 e. The maximum Gasteiger partial charge on any atom is 0.254 e. The Morgan fingerprint density at radius 1 is 1.08 bits per heavy atom. The zero-order chi connectivity index (χ0) is 26.5. The normalized spacial score (nSPS) is 18.3. The van der Waals surface area contributed by atoms with Gasteiger partial charge in [-0.15, -0.1) is 0 Å². The highest BCUT2D eigenvalue weighted by atomic mass is 35.5. The summed E-state index contributed by atoms with van der Waals surface area (Å²) in [4.78, 5) is 18.1. The number of allylic oxidation sites excluding steroid dienone is 2. The number of halogens is 1. The second-order valence-electron chi connectivity index (χ2n) is 10.4. The Morgan fingerprint density at radius 2 is 1.89 bits per heavy atom. The van der Waals surface area contributed by atoms with Crippen molar-refractivity contribution in [3.8, 4) is 0 Å². The van der Waals surface area contributed by atoms with E-state index in [1.165, 1.54) is 5.57 Å². The third-order valence-electron chi connectivity index (χ3n) is 7.58. The molecule has 0 aromatic heterocycles. The summed E-state index contributed by atoms with van der Waals surface area (Å²) in [6.07, 6.45) is 8.41. The number of nitrogens with one attached hydrogen (secondary N) is 3. The molecule has 1 amide bonds. The molecular formula is C31H38ClN5O. The van der Waals surface area contributed by atoms with Gasteiger partial charge >= 0.3 is 0 Å². The second-order valence-corrected chi connectivity index (χ2v) is 10.9. The average Bonchev–Trinajstić information content (AvgIpc) is 3.11. The molecule has 0 aliphatic carbocycles. The second kappa shape index (κ2) is 12.1. The van der Waals surface area contributed by atoms with Crippen LogP contribution in [0.25, 0.3) is 5.57 Å². The van der Waals surface area contributed by atoms with Crippen LogP contribution < -0.4 is 20.9 Å². The standard InChI is InChI=1S/C31H38ClN5O/c1-3-14-33-26-12-16-36(17-13-26)29-10-5-4-9-28(29)35-31(38)24-20-34-30-27(23-7-6-8-25(32)19-23)18-22(2)11-15-37(30)21-24/h4-10,18-20,26,33-34H,3,11-17,21H2,1-2H3,(H,35,38). The van der Waals surface area contributed by atoms with Gasteiger partial charge in [-0.25, -0.2) is 0 Å². The Hall–Kier alpha value is -3.22. The molecule has 0 unspecified atom stereocenters. The molecule has 0 saturated carbocycles.